The van der Waals surface area contributed by atoms with Gasteiger partial charge < -0.3 is 10.2 Å². The predicted octanol–water partition coefficient (Wildman–Crippen LogP) is -0.0129. The van der Waals surface area contributed by atoms with E-state index in [1.165, 1.54) is 11.9 Å². The number of hydrogen-bond acceptors (Lipinski definition) is 3. The van der Waals surface area contributed by atoms with E-state index in [-0.39, 0.29) is 18.4 Å². The molecule has 0 bridgehead atoms. The number of nitrogens with zero attached hydrogens (tertiary/aromatic N) is 1. The summed E-state index contributed by atoms with van der Waals surface area (Å²) in [6, 6.07) is -0.444. The van der Waals surface area contributed by atoms with Gasteiger partial charge in [0.15, 0.2) is 0 Å². The number of nitrogens with one attached hydrogen (secondary N) is 2. The lowest BCUT2D eigenvalue weighted by atomic mass is 9.80. The highest BCUT2D eigenvalue weighted by molar-refractivity contribution is 6.08. The minimum atomic E-state index is -0.776. The van der Waals surface area contributed by atoms with Crippen molar-refractivity contribution in [1.82, 2.24) is 15.5 Å². The molecular formula is C11H17N3O3. The maximum Gasteiger partial charge on any atom is 0.325 e. The molecule has 0 unspecified atom stereocenters. The van der Waals surface area contributed by atoms with Crippen LogP contribution in [0.2, 0.25) is 0 Å². The second kappa shape index (κ2) is 4.35. The number of amides is 4. The zero-order valence-electron chi connectivity index (χ0n) is 9.91. The molecule has 94 valence electrons. The Labute approximate surface area is 99.7 Å². The molecule has 1 saturated carbocycles. The molecule has 2 fully saturated rings. The van der Waals surface area contributed by atoms with Gasteiger partial charge in [0.1, 0.15) is 12.1 Å². The van der Waals surface area contributed by atoms with Gasteiger partial charge in [-0.15, -0.1) is 0 Å². The van der Waals surface area contributed by atoms with E-state index in [9.17, 15) is 14.4 Å². The third-order valence-electron chi connectivity index (χ3n) is 3.67. The summed E-state index contributed by atoms with van der Waals surface area (Å²) < 4.78 is 0. The summed E-state index contributed by atoms with van der Waals surface area (Å²) in [5, 5.41) is 4.80. The Hall–Kier alpha value is -1.59. The van der Waals surface area contributed by atoms with Crippen LogP contribution in [0.5, 0.6) is 0 Å². The maximum atomic E-state index is 11.9. The fourth-order valence-electron chi connectivity index (χ4n) is 2.68. The molecule has 17 heavy (non-hydrogen) atoms. The topological polar surface area (TPSA) is 78.5 Å². The third kappa shape index (κ3) is 1.87. The van der Waals surface area contributed by atoms with Gasteiger partial charge in [0, 0.05) is 7.05 Å². The average Bonchev–Trinajstić information content (AvgIpc) is 2.55. The summed E-state index contributed by atoms with van der Waals surface area (Å²) in [5.41, 5.74) is -0.776. The van der Waals surface area contributed by atoms with Crippen molar-refractivity contribution in [3.8, 4) is 0 Å². The lowest BCUT2D eigenvalue weighted by molar-refractivity contribution is -0.130. The van der Waals surface area contributed by atoms with Gasteiger partial charge in [-0.1, -0.05) is 19.3 Å². The van der Waals surface area contributed by atoms with Crippen LogP contribution < -0.4 is 10.6 Å². The van der Waals surface area contributed by atoms with Crippen LogP contribution in [0.4, 0.5) is 4.79 Å². The first-order chi connectivity index (χ1) is 8.10. The quantitative estimate of drug-likeness (QED) is 0.665. The van der Waals surface area contributed by atoms with E-state index in [4.69, 9.17) is 0 Å². The highest BCUT2D eigenvalue weighted by atomic mass is 16.2. The van der Waals surface area contributed by atoms with E-state index in [2.05, 4.69) is 10.6 Å². The first-order valence-corrected chi connectivity index (χ1v) is 5.94. The van der Waals surface area contributed by atoms with Gasteiger partial charge in [-0.05, 0) is 12.8 Å². The first-order valence-electron chi connectivity index (χ1n) is 5.94. The summed E-state index contributed by atoms with van der Waals surface area (Å²) >= 11 is 0. The molecule has 0 aromatic heterocycles. The van der Waals surface area contributed by atoms with Gasteiger partial charge in [0.05, 0.1) is 0 Å². The number of carbonyl (C=O) groups excluding carboxylic acids is 3. The lowest BCUT2D eigenvalue weighted by Gasteiger charge is -2.37. The van der Waals surface area contributed by atoms with E-state index in [1.54, 1.807) is 0 Å². The molecule has 4 amide bonds. The van der Waals surface area contributed by atoms with Crippen molar-refractivity contribution in [3.63, 3.8) is 0 Å². The van der Waals surface area contributed by atoms with E-state index < -0.39 is 11.6 Å². The molecule has 0 aromatic carbocycles. The molecule has 6 nitrogen and oxygen atoms in total. The van der Waals surface area contributed by atoms with Crippen LogP contribution in [0.1, 0.15) is 32.1 Å². The number of likely N-dealkylation sites (N-methyl/N-ethyl adjacent to an activating group) is 1. The third-order valence-corrected chi connectivity index (χ3v) is 3.67. The predicted molar refractivity (Wildman–Crippen MR) is 60.1 cm³/mol. The summed E-state index contributed by atoms with van der Waals surface area (Å²) in [7, 11) is 1.52. The fraction of sp³-hybridized carbons (Fsp3) is 0.727. The molecule has 2 N–H and O–H groups in total. The van der Waals surface area contributed by atoms with Crippen molar-refractivity contribution in [3.05, 3.63) is 0 Å². The number of rotatable bonds is 2. The Morgan fingerprint density at radius 3 is 2.59 bits per heavy atom. The van der Waals surface area contributed by atoms with E-state index in [1.807, 2.05) is 0 Å². The minimum Gasteiger partial charge on any atom is -0.358 e. The molecule has 1 spiro atoms. The van der Waals surface area contributed by atoms with Gasteiger partial charge in [0.2, 0.25) is 5.91 Å². The molecule has 6 heteroatoms. The summed E-state index contributed by atoms with van der Waals surface area (Å²) in [4.78, 5) is 36.5. The molecule has 0 atom stereocenters. The molecule has 2 rings (SSSR count). The number of carbonyl (C=O) groups is 3. The summed E-state index contributed by atoms with van der Waals surface area (Å²) in [6.45, 7) is -0.0475. The Morgan fingerprint density at radius 2 is 2.00 bits per heavy atom. The normalized spacial score (nSPS) is 22.8. The van der Waals surface area contributed by atoms with Crippen molar-refractivity contribution in [1.29, 1.82) is 0 Å². The van der Waals surface area contributed by atoms with Gasteiger partial charge in [-0.3, -0.25) is 14.9 Å². The van der Waals surface area contributed by atoms with Crippen molar-refractivity contribution in [2.75, 3.05) is 13.6 Å². The zero-order chi connectivity index (χ0) is 12.5. The monoisotopic (exact) mass is 239 g/mol. The van der Waals surface area contributed by atoms with E-state index in [0.29, 0.717) is 12.8 Å². The Bertz CT molecular complexity index is 361. The van der Waals surface area contributed by atoms with Crippen LogP contribution in [0.15, 0.2) is 0 Å². The molecule has 1 aliphatic carbocycles. The average molecular weight is 239 g/mol. The van der Waals surface area contributed by atoms with Gasteiger partial charge >= 0.3 is 6.03 Å². The number of hydrogen-bond donors (Lipinski definition) is 2. The van der Waals surface area contributed by atoms with Crippen LogP contribution in [0, 0.1) is 0 Å². The highest BCUT2D eigenvalue weighted by Gasteiger charge is 2.53. The Morgan fingerprint density at radius 1 is 1.35 bits per heavy atom. The van der Waals surface area contributed by atoms with Crippen molar-refractivity contribution < 1.29 is 14.4 Å². The standard InChI is InChI=1S/C11H17N3O3/c1-12-8(15)7-14-10(17)13-9(16)11(14)5-3-2-4-6-11/h2-7H2,1H3,(H,12,15)(H,13,16,17). The lowest BCUT2D eigenvalue weighted by Crippen LogP contribution is -2.53. The van der Waals surface area contributed by atoms with Crippen LogP contribution in [0.25, 0.3) is 0 Å². The van der Waals surface area contributed by atoms with E-state index in [0.717, 1.165) is 19.3 Å². The van der Waals surface area contributed by atoms with E-state index >= 15 is 0 Å². The second-order valence-electron chi connectivity index (χ2n) is 4.61. The summed E-state index contributed by atoms with van der Waals surface area (Å²) in [5.74, 6) is -0.495. The molecule has 1 saturated heterocycles. The van der Waals surface area contributed by atoms with Crippen LogP contribution in [0.3, 0.4) is 0 Å². The number of imide groups is 1. The fourth-order valence-corrected chi connectivity index (χ4v) is 2.68. The molecule has 0 radical (unpaired) electrons. The van der Waals surface area contributed by atoms with Crippen molar-refractivity contribution in [2.45, 2.75) is 37.6 Å². The largest absolute Gasteiger partial charge is 0.358 e. The Kier molecular flexibility index (Phi) is 3.04. The van der Waals surface area contributed by atoms with Crippen LogP contribution in [-0.4, -0.2) is 41.9 Å². The molecule has 2 aliphatic rings. The highest BCUT2D eigenvalue weighted by Crippen LogP contribution is 2.36. The maximum absolute atomic E-state index is 11.9. The smallest absolute Gasteiger partial charge is 0.325 e. The number of urea groups is 1. The molecular weight excluding hydrogens is 222 g/mol. The minimum absolute atomic E-state index is 0.0475. The Balaban J connectivity index is 2.23. The van der Waals surface area contributed by atoms with Gasteiger partial charge in [-0.25, -0.2) is 4.79 Å². The molecule has 0 aromatic rings. The van der Waals surface area contributed by atoms with Gasteiger partial charge in [-0.2, -0.15) is 0 Å². The summed E-state index contributed by atoms with van der Waals surface area (Å²) in [6.07, 6.45) is 4.23. The molecule has 1 heterocycles. The van der Waals surface area contributed by atoms with Crippen LogP contribution in [-0.2, 0) is 9.59 Å². The van der Waals surface area contributed by atoms with Gasteiger partial charge in [0.25, 0.3) is 5.91 Å². The first kappa shape index (κ1) is 11.9. The SMILES string of the molecule is CNC(=O)CN1C(=O)NC(=O)C12CCCCC2. The second-order valence-corrected chi connectivity index (χ2v) is 4.61. The van der Waals surface area contributed by atoms with Crippen molar-refractivity contribution in [2.24, 2.45) is 0 Å². The zero-order valence-corrected chi connectivity index (χ0v) is 9.91. The van der Waals surface area contributed by atoms with Crippen LogP contribution >= 0.6 is 0 Å². The van der Waals surface area contributed by atoms with Crippen molar-refractivity contribution >= 4 is 17.8 Å². The molecule has 1 aliphatic heterocycles.